The van der Waals surface area contributed by atoms with Gasteiger partial charge >= 0.3 is 0 Å². The van der Waals surface area contributed by atoms with Crippen LogP contribution in [-0.4, -0.2) is 30.6 Å². The van der Waals surface area contributed by atoms with Crippen molar-refractivity contribution < 1.29 is 0 Å². The van der Waals surface area contributed by atoms with Gasteiger partial charge in [-0.25, -0.2) is 9.97 Å². The van der Waals surface area contributed by atoms with Crippen molar-refractivity contribution in [2.75, 3.05) is 30.9 Å². The minimum atomic E-state index is 0.940. The summed E-state index contributed by atoms with van der Waals surface area (Å²) in [7, 11) is 4.06. The van der Waals surface area contributed by atoms with Crippen LogP contribution in [0.4, 0.5) is 10.3 Å². The minimum Gasteiger partial charge on any atom is -0.362 e. The third-order valence-corrected chi connectivity index (χ3v) is 5.03. The topological polar surface area (TPSA) is 41.1 Å². The Labute approximate surface area is 128 Å². The predicted molar refractivity (Wildman–Crippen MR) is 90.3 cm³/mol. The molecular weight excluding hydrogens is 288 g/mol. The lowest BCUT2D eigenvalue weighted by molar-refractivity contribution is 0.833. The molecule has 0 saturated carbocycles. The summed E-state index contributed by atoms with van der Waals surface area (Å²) in [6.07, 6.45) is 3.32. The van der Waals surface area contributed by atoms with Crippen LogP contribution in [0, 0.1) is 0 Å². The van der Waals surface area contributed by atoms with E-state index >= 15 is 0 Å². The summed E-state index contributed by atoms with van der Waals surface area (Å²) < 4.78 is 0. The second-order valence-corrected chi connectivity index (χ2v) is 6.67. The van der Waals surface area contributed by atoms with Gasteiger partial charge in [-0.05, 0) is 12.8 Å². The molecule has 0 amide bonds. The Hall–Kier alpha value is -1.14. The van der Waals surface area contributed by atoms with Crippen LogP contribution in [0.5, 0.6) is 0 Å². The Morgan fingerprint density at radius 3 is 2.70 bits per heavy atom. The quantitative estimate of drug-likeness (QED) is 0.782. The van der Waals surface area contributed by atoms with Crippen molar-refractivity contribution in [2.45, 2.75) is 33.1 Å². The molecular formula is C14H22N4S2. The zero-order chi connectivity index (χ0) is 14.5. The number of thiazole rings is 2. The number of nitrogens with one attached hydrogen (secondary N) is 1. The van der Waals surface area contributed by atoms with Crippen LogP contribution in [0.25, 0.3) is 10.6 Å². The van der Waals surface area contributed by atoms with Crippen LogP contribution in [0.2, 0.25) is 0 Å². The van der Waals surface area contributed by atoms with Crippen LogP contribution in [0.3, 0.4) is 0 Å². The molecule has 0 atom stereocenters. The van der Waals surface area contributed by atoms with Crippen LogP contribution < -0.4 is 10.2 Å². The summed E-state index contributed by atoms with van der Waals surface area (Å²) in [6, 6.07) is 0. The number of rotatable bonds is 7. The molecule has 6 heteroatoms. The zero-order valence-electron chi connectivity index (χ0n) is 12.6. The Morgan fingerprint density at radius 2 is 2.05 bits per heavy atom. The molecule has 2 aromatic heterocycles. The molecule has 0 fully saturated rings. The zero-order valence-corrected chi connectivity index (χ0v) is 14.2. The molecule has 0 aliphatic heterocycles. The van der Waals surface area contributed by atoms with E-state index in [1.807, 2.05) is 14.1 Å². The number of hydrogen-bond acceptors (Lipinski definition) is 6. The van der Waals surface area contributed by atoms with Crippen LogP contribution in [0.15, 0.2) is 5.38 Å². The summed E-state index contributed by atoms with van der Waals surface area (Å²) in [5, 5.41) is 7.57. The molecule has 2 rings (SSSR count). The van der Waals surface area contributed by atoms with E-state index in [0.717, 1.165) is 34.6 Å². The van der Waals surface area contributed by atoms with Crippen molar-refractivity contribution in [2.24, 2.45) is 0 Å². The van der Waals surface area contributed by atoms with E-state index in [1.54, 1.807) is 22.7 Å². The number of anilines is 2. The SMILES string of the molecule is CCCCNc1nc(-c2sc(N(C)C)nc2CC)cs1. The first kappa shape index (κ1) is 15.3. The fourth-order valence-corrected chi connectivity index (χ4v) is 3.64. The third kappa shape index (κ3) is 3.49. The average Bonchev–Trinajstić information content (AvgIpc) is 3.04. The van der Waals surface area contributed by atoms with Gasteiger partial charge in [0, 0.05) is 26.0 Å². The van der Waals surface area contributed by atoms with E-state index in [-0.39, 0.29) is 0 Å². The number of hydrogen-bond donors (Lipinski definition) is 1. The number of nitrogens with zero attached hydrogens (tertiary/aromatic N) is 3. The summed E-state index contributed by atoms with van der Waals surface area (Å²) in [6.45, 7) is 5.34. The maximum atomic E-state index is 4.69. The summed E-state index contributed by atoms with van der Waals surface area (Å²) in [5.74, 6) is 0. The molecule has 0 radical (unpaired) electrons. The Balaban J connectivity index is 2.18. The molecule has 110 valence electrons. The van der Waals surface area contributed by atoms with Gasteiger partial charge in [-0.3, -0.25) is 0 Å². The molecule has 2 heterocycles. The van der Waals surface area contributed by atoms with Gasteiger partial charge < -0.3 is 10.2 Å². The first-order valence-electron chi connectivity index (χ1n) is 7.02. The largest absolute Gasteiger partial charge is 0.362 e. The maximum absolute atomic E-state index is 4.69. The van der Waals surface area contributed by atoms with Gasteiger partial charge in [-0.15, -0.1) is 11.3 Å². The van der Waals surface area contributed by atoms with E-state index in [9.17, 15) is 0 Å². The van der Waals surface area contributed by atoms with E-state index in [4.69, 9.17) is 4.98 Å². The summed E-state index contributed by atoms with van der Waals surface area (Å²) in [5.41, 5.74) is 2.19. The fourth-order valence-electron chi connectivity index (χ4n) is 1.80. The fraction of sp³-hybridized carbons (Fsp3) is 0.571. The Morgan fingerprint density at radius 1 is 1.25 bits per heavy atom. The van der Waals surface area contributed by atoms with E-state index in [2.05, 4.69) is 34.4 Å². The smallest absolute Gasteiger partial charge is 0.185 e. The van der Waals surface area contributed by atoms with Crippen molar-refractivity contribution in [3.05, 3.63) is 11.1 Å². The lowest BCUT2D eigenvalue weighted by atomic mass is 10.2. The van der Waals surface area contributed by atoms with Crippen LogP contribution in [0.1, 0.15) is 32.4 Å². The summed E-state index contributed by atoms with van der Waals surface area (Å²) in [4.78, 5) is 12.6. The monoisotopic (exact) mass is 310 g/mol. The normalized spacial score (nSPS) is 10.8. The van der Waals surface area contributed by atoms with Gasteiger partial charge in [0.15, 0.2) is 10.3 Å². The van der Waals surface area contributed by atoms with Gasteiger partial charge in [0.05, 0.1) is 16.3 Å². The number of aryl methyl sites for hydroxylation is 1. The highest BCUT2D eigenvalue weighted by Gasteiger charge is 2.15. The van der Waals surface area contributed by atoms with Gasteiger partial charge in [0.2, 0.25) is 0 Å². The van der Waals surface area contributed by atoms with E-state index in [1.165, 1.54) is 17.7 Å². The van der Waals surface area contributed by atoms with Crippen molar-refractivity contribution in [1.82, 2.24) is 9.97 Å². The molecule has 1 N–H and O–H groups in total. The van der Waals surface area contributed by atoms with E-state index in [0.29, 0.717) is 0 Å². The third-order valence-electron chi connectivity index (χ3n) is 2.95. The predicted octanol–water partition coefficient (Wildman–Crippen LogP) is 4.11. The second kappa shape index (κ2) is 7.04. The standard InChI is InChI=1S/C14H22N4S2/c1-5-7-8-15-13-16-11(9-19-13)12-10(6-2)17-14(20-12)18(3)4/h9H,5-8H2,1-4H3,(H,15,16). The van der Waals surface area contributed by atoms with Crippen LogP contribution in [-0.2, 0) is 6.42 Å². The molecule has 0 unspecified atom stereocenters. The Bertz CT molecular complexity index is 545. The lowest BCUT2D eigenvalue weighted by Crippen LogP contribution is -2.07. The van der Waals surface area contributed by atoms with Gasteiger partial charge in [-0.2, -0.15) is 0 Å². The minimum absolute atomic E-state index is 0.940. The van der Waals surface area contributed by atoms with Gasteiger partial charge in [-0.1, -0.05) is 31.6 Å². The lowest BCUT2D eigenvalue weighted by Gasteiger charge is -2.05. The van der Waals surface area contributed by atoms with Crippen LogP contribution >= 0.6 is 22.7 Å². The highest BCUT2D eigenvalue weighted by Crippen LogP contribution is 2.35. The maximum Gasteiger partial charge on any atom is 0.185 e. The molecule has 0 aliphatic rings. The number of aromatic nitrogens is 2. The molecule has 2 aromatic rings. The first-order valence-corrected chi connectivity index (χ1v) is 8.72. The number of unbranched alkanes of at least 4 members (excludes halogenated alkanes) is 1. The van der Waals surface area contributed by atoms with Gasteiger partial charge in [0.25, 0.3) is 0 Å². The summed E-state index contributed by atoms with van der Waals surface area (Å²) >= 11 is 3.39. The highest BCUT2D eigenvalue weighted by atomic mass is 32.1. The molecule has 0 bridgehead atoms. The van der Waals surface area contributed by atoms with Gasteiger partial charge in [0.1, 0.15) is 0 Å². The molecule has 0 aliphatic carbocycles. The Kier molecular flexibility index (Phi) is 5.37. The molecule has 0 spiro atoms. The molecule has 0 aromatic carbocycles. The van der Waals surface area contributed by atoms with Crippen molar-refractivity contribution in [1.29, 1.82) is 0 Å². The van der Waals surface area contributed by atoms with Crippen molar-refractivity contribution in [3.63, 3.8) is 0 Å². The molecule has 4 nitrogen and oxygen atoms in total. The van der Waals surface area contributed by atoms with Crippen molar-refractivity contribution in [3.8, 4) is 10.6 Å². The van der Waals surface area contributed by atoms with E-state index < -0.39 is 0 Å². The first-order chi connectivity index (χ1) is 9.65. The molecule has 0 saturated heterocycles. The second-order valence-electron chi connectivity index (χ2n) is 4.84. The van der Waals surface area contributed by atoms with Crippen molar-refractivity contribution >= 4 is 32.9 Å². The average molecular weight is 310 g/mol. The highest BCUT2D eigenvalue weighted by molar-refractivity contribution is 7.19. The molecule has 20 heavy (non-hydrogen) atoms.